The highest BCUT2D eigenvalue weighted by atomic mass is 16.3. The first kappa shape index (κ1) is 24.0. The molecule has 0 unspecified atom stereocenters. The summed E-state index contributed by atoms with van der Waals surface area (Å²) in [6.07, 6.45) is 4.76. The lowest BCUT2D eigenvalue weighted by molar-refractivity contribution is -0.134. The Morgan fingerprint density at radius 2 is 1.94 bits per heavy atom. The second-order valence-corrected chi connectivity index (χ2v) is 7.54. The van der Waals surface area contributed by atoms with E-state index in [0.29, 0.717) is 12.1 Å². The van der Waals surface area contributed by atoms with Crippen LogP contribution >= 0.6 is 0 Å². The zero-order valence-electron chi connectivity index (χ0n) is 18.1. The van der Waals surface area contributed by atoms with E-state index in [-0.39, 0.29) is 30.2 Å². The number of carbonyl (C=O) groups is 3. The van der Waals surface area contributed by atoms with Crippen LogP contribution in [0.4, 0.5) is 0 Å². The van der Waals surface area contributed by atoms with E-state index in [4.69, 9.17) is 9.90 Å². The molecule has 0 bridgehead atoms. The van der Waals surface area contributed by atoms with E-state index >= 15 is 0 Å². The third kappa shape index (κ3) is 6.88. The summed E-state index contributed by atoms with van der Waals surface area (Å²) in [5, 5.41) is 17.6. The molecule has 168 valence electrons. The van der Waals surface area contributed by atoms with Crippen molar-refractivity contribution in [2.24, 2.45) is 5.92 Å². The van der Waals surface area contributed by atoms with Crippen molar-refractivity contribution in [2.45, 2.75) is 25.8 Å². The number of benzene rings is 1. The Morgan fingerprint density at radius 3 is 2.58 bits per heavy atom. The van der Waals surface area contributed by atoms with Gasteiger partial charge in [0.05, 0.1) is 5.92 Å². The second kappa shape index (κ2) is 11.8. The third-order valence-corrected chi connectivity index (χ3v) is 5.29. The number of hydrogen-bond acceptors (Lipinski definition) is 6. The molecule has 1 aromatic heterocycles. The number of carboxylic acid groups (broad SMARTS) is 1. The summed E-state index contributed by atoms with van der Waals surface area (Å²) < 4.78 is 1.76. The highest BCUT2D eigenvalue weighted by Crippen LogP contribution is 2.19. The van der Waals surface area contributed by atoms with E-state index in [1.165, 1.54) is 0 Å². The van der Waals surface area contributed by atoms with Gasteiger partial charge in [-0.3, -0.25) is 19.0 Å². The van der Waals surface area contributed by atoms with Crippen LogP contribution in [0.1, 0.15) is 30.1 Å². The van der Waals surface area contributed by atoms with Crippen molar-refractivity contribution >= 4 is 18.3 Å². The highest BCUT2D eigenvalue weighted by molar-refractivity contribution is 5.95. The maximum absolute atomic E-state index is 12.8. The summed E-state index contributed by atoms with van der Waals surface area (Å²) in [5.74, 6) is 0.0562. The Labute approximate surface area is 181 Å². The average molecular weight is 431 g/mol. The van der Waals surface area contributed by atoms with E-state index in [2.05, 4.69) is 20.4 Å². The Balaban J connectivity index is 0.00000107. The van der Waals surface area contributed by atoms with Gasteiger partial charge < -0.3 is 20.2 Å². The molecule has 0 radical (unpaired) electrons. The lowest BCUT2D eigenvalue weighted by Crippen LogP contribution is -2.42. The predicted octanol–water partition coefficient (Wildman–Crippen LogP) is 0.887. The normalized spacial score (nSPS) is 18.8. The molecule has 0 aliphatic carbocycles. The maximum Gasteiger partial charge on any atom is 0.290 e. The summed E-state index contributed by atoms with van der Waals surface area (Å²) in [6, 6.07) is 7.38. The van der Waals surface area contributed by atoms with Crippen molar-refractivity contribution in [3.8, 4) is 5.69 Å². The molecule has 1 saturated heterocycles. The Kier molecular flexibility index (Phi) is 9.13. The fourth-order valence-electron chi connectivity index (χ4n) is 3.61. The van der Waals surface area contributed by atoms with Crippen molar-refractivity contribution in [3.05, 3.63) is 42.5 Å². The molecule has 31 heavy (non-hydrogen) atoms. The van der Waals surface area contributed by atoms with Crippen molar-refractivity contribution in [2.75, 3.05) is 33.7 Å². The van der Waals surface area contributed by atoms with Crippen LogP contribution in [0, 0.1) is 5.92 Å². The van der Waals surface area contributed by atoms with Crippen LogP contribution in [0.25, 0.3) is 5.69 Å². The first-order chi connectivity index (χ1) is 14.9. The SMILES string of the molecule is CCN(C)C(=O)[C@@H]1CC[C@H](NC(=O)c2cccc(-n3cnnc3)c2)CN(C)C1.O=CO. The van der Waals surface area contributed by atoms with E-state index in [1.54, 1.807) is 28.2 Å². The molecular formula is C21H30N6O4. The van der Waals surface area contributed by atoms with Gasteiger partial charge >= 0.3 is 0 Å². The van der Waals surface area contributed by atoms with Crippen LogP contribution in [0.3, 0.4) is 0 Å². The van der Waals surface area contributed by atoms with Crippen LogP contribution in [-0.4, -0.2) is 87.7 Å². The quantitative estimate of drug-likeness (QED) is 0.676. The summed E-state index contributed by atoms with van der Waals surface area (Å²) in [7, 11) is 3.85. The topological polar surface area (TPSA) is 121 Å². The zero-order valence-corrected chi connectivity index (χ0v) is 18.1. The van der Waals surface area contributed by atoms with Crippen LogP contribution in [0.2, 0.25) is 0 Å². The monoisotopic (exact) mass is 430 g/mol. The van der Waals surface area contributed by atoms with Gasteiger partial charge in [-0.05, 0) is 45.0 Å². The minimum atomic E-state index is -0.250. The Hall–Kier alpha value is -3.27. The summed E-state index contributed by atoms with van der Waals surface area (Å²) in [6.45, 7) is 3.90. The summed E-state index contributed by atoms with van der Waals surface area (Å²) in [5.41, 5.74) is 1.43. The zero-order chi connectivity index (χ0) is 22.8. The van der Waals surface area contributed by atoms with E-state index in [9.17, 15) is 9.59 Å². The molecule has 10 nitrogen and oxygen atoms in total. The van der Waals surface area contributed by atoms with Gasteiger partial charge in [0, 0.05) is 44.0 Å². The molecule has 2 atom stereocenters. The fraction of sp³-hybridized carbons (Fsp3) is 0.476. The first-order valence-corrected chi connectivity index (χ1v) is 10.2. The lowest BCUT2D eigenvalue weighted by Gasteiger charge is -2.24. The molecule has 0 saturated carbocycles. The fourth-order valence-corrected chi connectivity index (χ4v) is 3.61. The van der Waals surface area contributed by atoms with Gasteiger partial charge in [-0.15, -0.1) is 10.2 Å². The van der Waals surface area contributed by atoms with E-state index < -0.39 is 0 Å². The standard InChI is InChI=1S/C20H28N6O2.CH2O2/c1-4-25(3)20(28)16-8-9-17(12-24(2)11-16)23-19(27)15-6-5-7-18(10-15)26-13-21-22-14-26;2-1-3/h5-7,10,13-14,16-17H,4,8-9,11-12H2,1-3H3,(H,23,27);1H,(H,2,3)/t16-,17+;/m1./s1. The van der Waals surface area contributed by atoms with Gasteiger partial charge in [-0.25, -0.2) is 0 Å². The molecule has 1 aliphatic heterocycles. The number of carbonyl (C=O) groups excluding carboxylic acids is 2. The molecule has 2 amide bonds. The molecule has 1 aliphatic rings. The minimum Gasteiger partial charge on any atom is -0.483 e. The predicted molar refractivity (Wildman–Crippen MR) is 115 cm³/mol. The van der Waals surface area contributed by atoms with Gasteiger partial charge in [-0.1, -0.05) is 6.07 Å². The van der Waals surface area contributed by atoms with E-state index in [0.717, 1.165) is 31.6 Å². The third-order valence-electron chi connectivity index (χ3n) is 5.29. The number of aromatic nitrogens is 3. The molecule has 10 heteroatoms. The minimum absolute atomic E-state index is 0.0146. The highest BCUT2D eigenvalue weighted by Gasteiger charge is 2.29. The second-order valence-electron chi connectivity index (χ2n) is 7.54. The lowest BCUT2D eigenvalue weighted by atomic mass is 10.00. The number of nitrogens with zero attached hydrogens (tertiary/aromatic N) is 5. The van der Waals surface area contributed by atoms with Crippen molar-refractivity contribution in [1.29, 1.82) is 0 Å². The van der Waals surface area contributed by atoms with Crippen LogP contribution < -0.4 is 5.32 Å². The van der Waals surface area contributed by atoms with Gasteiger partial charge in [-0.2, -0.15) is 0 Å². The number of likely N-dealkylation sites (tertiary alicyclic amines) is 1. The summed E-state index contributed by atoms with van der Waals surface area (Å²) >= 11 is 0. The van der Waals surface area contributed by atoms with Crippen molar-refractivity contribution < 1.29 is 19.5 Å². The van der Waals surface area contributed by atoms with Crippen LogP contribution in [0.5, 0.6) is 0 Å². The van der Waals surface area contributed by atoms with E-state index in [1.807, 2.05) is 39.2 Å². The van der Waals surface area contributed by atoms with Crippen molar-refractivity contribution in [1.82, 2.24) is 29.9 Å². The molecule has 1 aromatic carbocycles. The van der Waals surface area contributed by atoms with Gasteiger partial charge in [0.15, 0.2) is 0 Å². The smallest absolute Gasteiger partial charge is 0.290 e. The van der Waals surface area contributed by atoms with Gasteiger partial charge in [0.25, 0.3) is 12.4 Å². The molecular weight excluding hydrogens is 400 g/mol. The first-order valence-electron chi connectivity index (χ1n) is 10.2. The van der Waals surface area contributed by atoms with Crippen LogP contribution in [0.15, 0.2) is 36.9 Å². The van der Waals surface area contributed by atoms with Crippen molar-refractivity contribution in [3.63, 3.8) is 0 Å². The van der Waals surface area contributed by atoms with Gasteiger partial charge in [0.2, 0.25) is 5.91 Å². The summed E-state index contributed by atoms with van der Waals surface area (Å²) in [4.78, 5) is 37.6. The molecule has 2 aromatic rings. The molecule has 2 N–H and O–H groups in total. The van der Waals surface area contributed by atoms with Crippen LogP contribution in [-0.2, 0) is 9.59 Å². The number of amides is 2. The van der Waals surface area contributed by atoms with Gasteiger partial charge in [0.1, 0.15) is 12.7 Å². The number of hydrogen-bond donors (Lipinski definition) is 2. The number of likely N-dealkylation sites (N-methyl/N-ethyl adjacent to an activating group) is 1. The largest absolute Gasteiger partial charge is 0.483 e. The maximum atomic E-state index is 12.8. The molecule has 2 heterocycles. The molecule has 3 rings (SSSR count). The molecule has 0 spiro atoms. The number of rotatable bonds is 5. The molecule has 1 fully saturated rings. The number of nitrogens with one attached hydrogen (secondary N) is 1. The average Bonchev–Trinajstić information content (AvgIpc) is 3.24. The Morgan fingerprint density at radius 1 is 1.26 bits per heavy atom. The Bertz CT molecular complexity index is 857.